The predicted octanol–water partition coefficient (Wildman–Crippen LogP) is 3.59. The van der Waals surface area contributed by atoms with Crippen molar-refractivity contribution in [1.82, 2.24) is 10.6 Å². The number of hydrogen-bond donors (Lipinski definition) is 3. The first-order valence-corrected chi connectivity index (χ1v) is 8.46. The van der Waals surface area contributed by atoms with E-state index in [4.69, 9.17) is 0 Å². The van der Waals surface area contributed by atoms with Crippen molar-refractivity contribution in [2.45, 2.75) is 13.5 Å². The Bertz CT molecular complexity index is 920. The van der Waals surface area contributed by atoms with E-state index in [0.29, 0.717) is 12.2 Å². The molecule has 3 aromatic rings. The van der Waals surface area contributed by atoms with Gasteiger partial charge in [-0.1, -0.05) is 60.2 Å². The molecular weight excluding hydrogens is 326 g/mol. The number of fused-ring (bicyclic) bond motifs is 1. The number of anilines is 1. The molecule has 5 heteroatoms. The molecule has 3 aromatic carbocycles. The third kappa shape index (κ3) is 4.83. The van der Waals surface area contributed by atoms with Crippen LogP contribution in [0.1, 0.15) is 11.1 Å². The Morgan fingerprint density at radius 1 is 0.846 bits per heavy atom. The van der Waals surface area contributed by atoms with Crippen LogP contribution in [0.4, 0.5) is 10.5 Å². The highest BCUT2D eigenvalue weighted by molar-refractivity contribution is 5.96. The molecule has 5 nitrogen and oxygen atoms in total. The molecule has 0 saturated heterocycles. The maximum Gasteiger partial charge on any atom is 0.315 e. The van der Waals surface area contributed by atoms with E-state index in [1.54, 1.807) is 0 Å². The standard InChI is InChI=1S/C21H21N3O2/c1-15-6-8-16(9-7-15)13-22-21(26)23-14-20(25)24-19-11-10-17-4-2-3-5-18(17)12-19/h2-12H,13-14H2,1H3,(H,24,25)(H2,22,23,26). The zero-order chi connectivity index (χ0) is 18.4. The number of aryl methyl sites for hydroxylation is 1. The van der Waals surface area contributed by atoms with Gasteiger partial charge in [0.25, 0.3) is 0 Å². The van der Waals surface area contributed by atoms with Crippen LogP contribution < -0.4 is 16.0 Å². The largest absolute Gasteiger partial charge is 0.334 e. The van der Waals surface area contributed by atoms with Gasteiger partial charge >= 0.3 is 6.03 Å². The average Bonchev–Trinajstić information content (AvgIpc) is 2.66. The van der Waals surface area contributed by atoms with Gasteiger partial charge in [0.15, 0.2) is 0 Å². The number of carbonyl (C=O) groups is 2. The molecule has 3 N–H and O–H groups in total. The fraction of sp³-hybridized carbons (Fsp3) is 0.143. The smallest absolute Gasteiger partial charge is 0.315 e. The zero-order valence-electron chi connectivity index (χ0n) is 14.6. The lowest BCUT2D eigenvalue weighted by atomic mass is 10.1. The Balaban J connectivity index is 1.45. The molecule has 132 valence electrons. The Morgan fingerprint density at radius 2 is 1.58 bits per heavy atom. The van der Waals surface area contributed by atoms with Crippen LogP contribution in [0.5, 0.6) is 0 Å². The highest BCUT2D eigenvalue weighted by atomic mass is 16.2. The summed E-state index contributed by atoms with van der Waals surface area (Å²) in [7, 11) is 0. The maximum absolute atomic E-state index is 12.0. The molecule has 0 aliphatic rings. The molecule has 0 atom stereocenters. The molecule has 0 aliphatic heterocycles. The summed E-state index contributed by atoms with van der Waals surface area (Å²) in [6, 6.07) is 21.2. The van der Waals surface area contributed by atoms with Gasteiger partial charge in [-0.15, -0.1) is 0 Å². The van der Waals surface area contributed by atoms with Crippen LogP contribution in [0.3, 0.4) is 0 Å². The number of benzene rings is 3. The monoisotopic (exact) mass is 347 g/mol. The molecule has 0 aromatic heterocycles. The minimum atomic E-state index is -0.376. The molecular formula is C21H21N3O2. The molecule has 0 bridgehead atoms. The lowest BCUT2D eigenvalue weighted by Gasteiger charge is -2.09. The third-order valence-corrected chi connectivity index (χ3v) is 4.02. The number of urea groups is 1. The van der Waals surface area contributed by atoms with E-state index in [1.165, 1.54) is 5.56 Å². The van der Waals surface area contributed by atoms with Gasteiger partial charge in [0.2, 0.25) is 5.91 Å². The molecule has 26 heavy (non-hydrogen) atoms. The normalized spacial score (nSPS) is 10.3. The van der Waals surface area contributed by atoms with Crippen molar-refractivity contribution < 1.29 is 9.59 Å². The van der Waals surface area contributed by atoms with Crippen LogP contribution in [0.2, 0.25) is 0 Å². The number of nitrogens with one attached hydrogen (secondary N) is 3. The Kier molecular flexibility index (Phi) is 5.49. The quantitative estimate of drug-likeness (QED) is 0.660. The summed E-state index contributed by atoms with van der Waals surface area (Å²) in [4.78, 5) is 23.8. The molecule has 0 spiro atoms. The van der Waals surface area contributed by atoms with Crippen LogP contribution in [0, 0.1) is 6.92 Å². The van der Waals surface area contributed by atoms with Crippen molar-refractivity contribution in [2.75, 3.05) is 11.9 Å². The van der Waals surface area contributed by atoms with Crippen molar-refractivity contribution in [1.29, 1.82) is 0 Å². The van der Waals surface area contributed by atoms with Crippen molar-refractivity contribution in [3.8, 4) is 0 Å². The number of carbonyl (C=O) groups excluding carboxylic acids is 2. The van der Waals surface area contributed by atoms with Crippen LogP contribution in [-0.2, 0) is 11.3 Å². The minimum Gasteiger partial charge on any atom is -0.334 e. The van der Waals surface area contributed by atoms with E-state index in [2.05, 4.69) is 16.0 Å². The molecule has 0 aliphatic carbocycles. The highest BCUT2D eigenvalue weighted by Gasteiger charge is 2.06. The van der Waals surface area contributed by atoms with Crippen molar-refractivity contribution >= 4 is 28.4 Å². The summed E-state index contributed by atoms with van der Waals surface area (Å²) in [5, 5.41) is 10.2. The molecule has 3 rings (SSSR count). The van der Waals surface area contributed by atoms with E-state index < -0.39 is 0 Å². The second-order valence-electron chi connectivity index (χ2n) is 6.13. The summed E-state index contributed by atoms with van der Waals surface area (Å²) in [6.07, 6.45) is 0. The number of rotatable bonds is 5. The van der Waals surface area contributed by atoms with Gasteiger partial charge in [0.1, 0.15) is 0 Å². The van der Waals surface area contributed by atoms with Gasteiger partial charge < -0.3 is 16.0 Å². The molecule has 0 heterocycles. The fourth-order valence-corrected chi connectivity index (χ4v) is 2.58. The van der Waals surface area contributed by atoms with E-state index in [1.807, 2.05) is 73.7 Å². The topological polar surface area (TPSA) is 70.2 Å². The summed E-state index contributed by atoms with van der Waals surface area (Å²) in [6.45, 7) is 2.34. The summed E-state index contributed by atoms with van der Waals surface area (Å²) in [5.74, 6) is -0.272. The molecule has 3 amide bonds. The first-order chi connectivity index (χ1) is 12.6. The van der Waals surface area contributed by atoms with Gasteiger partial charge in [-0.3, -0.25) is 4.79 Å². The predicted molar refractivity (Wildman–Crippen MR) is 104 cm³/mol. The Labute approximate surface area is 152 Å². The second kappa shape index (κ2) is 8.16. The van der Waals surface area contributed by atoms with Crippen molar-refractivity contribution in [3.63, 3.8) is 0 Å². The average molecular weight is 347 g/mol. The van der Waals surface area contributed by atoms with E-state index in [-0.39, 0.29) is 18.5 Å². The van der Waals surface area contributed by atoms with Crippen molar-refractivity contribution in [2.24, 2.45) is 0 Å². The van der Waals surface area contributed by atoms with Crippen LogP contribution >= 0.6 is 0 Å². The molecule has 0 unspecified atom stereocenters. The molecule has 0 radical (unpaired) electrons. The minimum absolute atomic E-state index is 0.0907. The van der Waals surface area contributed by atoms with E-state index in [0.717, 1.165) is 16.3 Å². The number of hydrogen-bond acceptors (Lipinski definition) is 2. The van der Waals surface area contributed by atoms with Crippen LogP contribution in [-0.4, -0.2) is 18.5 Å². The van der Waals surface area contributed by atoms with Gasteiger partial charge in [0.05, 0.1) is 6.54 Å². The first kappa shape index (κ1) is 17.5. The summed E-state index contributed by atoms with van der Waals surface area (Å²) < 4.78 is 0. The van der Waals surface area contributed by atoms with Crippen LogP contribution in [0.25, 0.3) is 10.8 Å². The van der Waals surface area contributed by atoms with Gasteiger partial charge in [-0.25, -0.2) is 4.79 Å². The van der Waals surface area contributed by atoms with Crippen molar-refractivity contribution in [3.05, 3.63) is 77.9 Å². The number of amides is 3. The first-order valence-electron chi connectivity index (χ1n) is 8.46. The summed E-state index contributed by atoms with van der Waals surface area (Å²) >= 11 is 0. The lowest BCUT2D eigenvalue weighted by Crippen LogP contribution is -2.39. The van der Waals surface area contributed by atoms with Gasteiger partial charge in [-0.2, -0.15) is 0 Å². The van der Waals surface area contributed by atoms with Crippen LogP contribution in [0.15, 0.2) is 66.7 Å². The molecule has 0 fully saturated rings. The van der Waals surface area contributed by atoms with E-state index in [9.17, 15) is 9.59 Å². The maximum atomic E-state index is 12.0. The van der Waals surface area contributed by atoms with Gasteiger partial charge in [0, 0.05) is 12.2 Å². The zero-order valence-corrected chi connectivity index (χ0v) is 14.6. The third-order valence-electron chi connectivity index (χ3n) is 4.02. The fourth-order valence-electron chi connectivity index (χ4n) is 2.58. The highest BCUT2D eigenvalue weighted by Crippen LogP contribution is 2.18. The van der Waals surface area contributed by atoms with Gasteiger partial charge in [-0.05, 0) is 35.4 Å². The Morgan fingerprint density at radius 3 is 2.35 bits per heavy atom. The Hall–Kier alpha value is -3.34. The lowest BCUT2D eigenvalue weighted by molar-refractivity contribution is -0.115. The SMILES string of the molecule is Cc1ccc(CNC(=O)NCC(=O)Nc2ccc3ccccc3c2)cc1. The summed E-state index contributed by atoms with van der Waals surface area (Å²) in [5.41, 5.74) is 2.88. The second-order valence-corrected chi connectivity index (χ2v) is 6.13. The van der Waals surface area contributed by atoms with E-state index >= 15 is 0 Å². The molecule has 0 saturated carbocycles.